The van der Waals surface area contributed by atoms with Gasteiger partial charge in [-0.05, 0) is 42.7 Å². The van der Waals surface area contributed by atoms with Crippen LogP contribution in [0.15, 0.2) is 52.1 Å². The van der Waals surface area contributed by atoms with Crippen molar-refractivity contribution in [2.75, 3.05) is 11.4 Å². The molecule has 4 rings (SSSR count). The third kappa shape index (κ3) is 2.73. The largest absolute Gasteiger partial charge is 0.328 e. The van der Waals surface area contributed by atoms with E-state index in [9.17, 15) is 14.4 Å². The maximum absolute atomic E-state index is 12.7. The molecule has 1 aliphatic rings. The molecular weight excluding hydrogens is 330 g/mol. The Balaban J connectivity index is 1.61. The van der Waals surface area contributed by atoms with Crippen molar-refractivity contribution in [1.82, 2.24) is 9.55 Å². The average Bonchev–Trinajstić information content (AvgIpc) is 3.04. The summed E-state index contributed by atoms with van der Waals surface area (Å²) >= 11 is 0. The number of aromatic nitrogens is 2. The number of rotatable bonds is 3. The molecule has 0 aliphatic carbocycles. The molecule has 132 valence electrons. The van der Waals surface area contributed by atoms with Crippen LogP contribution in [0.4, 0.5) is 5.69 Å². The van der Waals surface area contributed by atoms with Crippen molar-refractivity contribution in [1.29, 1.82) is 0 Å². The minimum atomic E-state index is -0.487. The van der Waals surface area contributed by atoms with Crippen molar-refractivity contribution in [3.8, 4) is 0 Å². The van der Waals surface area contributed by atoms with Crippen LogP contribution in [-0.4, -0.2) is 22.0 Å². The first-order valence-electron chi connectivity index (χ1n) is 8.66. The molecule has 0 fully saturated rings. The van der Waals surface area contributed by atoms with Gasteiger partial charge in [0.05, 0.1) is 10.9 Å². The van der Waals surface area contributed by atoms with Crippen LogP contribution in [-0.2, 0) is 17.8 Å². The fourth-order valence-corrected chi connectivity index (χ4v) is 3.56. The van der Waals surface area contributed by atoms with Gasteiger partial charge in [0.25, 0.3) is 5.56 Å². The van der Waals surface area contributed by atoms with E-state index >= 15 is 0 Å². The van der Waals surface area contributed by atoms with E-state index in [1.807, 2.05) is 13.0 Å². The van der Waals surface area contributed by atoms with Gasteiger partial charge >= 0.3 is 5.69 Å². The van der Waals surface area contributed by atoms with E-state index in [-0.39, 0.29) is 18.9 Å². The number of hydrogen-bond acceptors (Lipinski definition) is 3. The second-order valence-corrected chi connectivity index (χ2v) is 6.61. The molecule has 0 radical (unpaired) electrons. The van der Waals surface area contributed by atoms with E-state index < -0.39 is 11.2 Å². The molecule has 2 heterocycles. The first kappa shape index (κ1) is 16.3. The number of aromatic amines is 1. The molecule has 0 atom stereocenters. The minimum absolute atomic E-state index is 0.0171. The van der Waals surface area contributed by atoms with Gasteiger partial charge in [-0.1, -0.05) is 24.3 Å². The summed E-state index contributed by atoms with van der Waals surface area (Å²) in [5.74, 6) is -0.0171. The third-order valence-corrected chi connectivity index (χ3v) is 4.89. The van der Waals surface area contributed by atoms with Crippen molar-refractivity contribution in [2.45, 2.75) is 26.3 Å². The summed E-state index contributed by atoms with van der Waals surface area (Å²) in [5, 5.41) is 0.446. The molecule has 2 aromatic carbocycles. The Bertz CT molecular complexity index is 1130. The van der Waals surface area contributed by atoms with Gasteiger partial charge in [0.15, 0.2) is 0 Å². The van der Waals surface area contributed by atoms with Crippen LogP contribution >= 0.6 is 0 Å². The monoisotopic (exact) mass is 349 g/mol. The molecule has 1 N–H and O–H groups in total. The van der Waals surface area contributed by atoms with E-state index in [2.05, 4.69) is 17.1 Å². The Kier molecular flexibility index (Phi) is 3.95. The Labute approximate surface area is 149 Å². The van der Waals surface area contributed by atoms with Gasteiger partial charge in [0.1, 0.15) is 0 Å². The second-order valence-electron chi connectivity index (χ2n) is 6.61. The number of hydrogen-bond donors (Lipinski definition) is 1. The van der Waals surface area contributed by atoms with Crippen molar-refractivity contribution < 1.29 is 4.79 Å². The summed E-state index contributed by atoms with van der Waals surface area (Å²) in [5.41, 5.74) is 2.92. The standard InChI is InChI=1S/C20H19N3O3/c1-13-6-7-14-8-10-22(17(14)12-13)18(24)9-11-23-16-5-3-2-4-15(16)19(25)21-20(23)26/h2-7,12H,8-11H2,1H3,(H,21,25,26). The lowest BCUT2D eigenvalue weighted by molar-refractivity contribution is -0.118. The Morgan fingerprint density at radius 3 is 2.81 bits per heavy atom. The number of aryl methyl sites for hydroxylation is 2. The number of carbonyl (C=O) groups excluding carboxylic acids is 1. The number of anilines is 1. The van der Waals surface area contributed by atoms with E-state index in [1.165, 1.54) is 10.1 Å². The third-order valence-electron chi connectivity index (χ3n) is 4.89. The number of nitrogens with one attached hydrogen (secondary N) is 1. The highest BCUT2D eigenvalue weighted by molar-refractivity contribution is 5.95. The van der Waals surface area contributed by atoms with Crippen LogP contribution in [0.5, 0.6) is 0 Å². The molecule has 0 saturated carbocycles. The highest BCUT2D eigenvalue weighted by Gasteiger charge is 2.24. The molecule has 1 aromatic heterocycles. The summed E-state index contributed by atoms with van der Waals surface area (Å²) in [4.78, 5) is 41.0. The minimum Gasteiger partial charge on any atom is -0.312 e. The number of fused-ring (bicyclic) bond motifs is 2. The summed E-state index contributed by atoms with van der Waals surface area (Å²) in [7, 11) is 0. The fraction of sp³-hybridized carbons (Fsp3) is 0.250. The van der Waals surface area contributed by atoms with Gasteiger partial charge in [0.2, 0.25) is 5.91 Å². The lowest BCUT2D eigenvalue weighted by Crippen LogP contribution is -2.34. The maximum atomic E-state index is 12.7. The molecule has 26 heavy (non-hydrogen) atoms. The number of para-hydroxylation sites is 1. The lowest BCUT2D eigenvalue weighted by Gasteiger charge is -2.18. The molecule has 0 bridgehead atoms. The van der Waals surface area contributed by atoms with Crippen LogP contribution in [0.2, 0.25) is 0 Å². The smallest absolute Gasteiger partial charge is 0.312 e. The molecule has 1 aliphatic heterocycles. The summed E-state index contributed by atoms with van der Waals surface area (Å²) in [6.07, 6.45) is 1.05. The first-order valence-corrected chi connectivity index (χ1v) is 8.66. The van der Waals surface area contributed by atoms with Crippen molar-refractivity contribution in [3.63, 3.8) is 0 Å². The summed E-state index contributed by atoms with van der Waals surface area (Å²) in [6.45, 7) is 2.90. The Hall–Kier alpha value is -3.15. The molecule has 0 spiro atoms. The van der Waals surface area contributed by atoms with Gasteiger partial charge in [-0.15, -0.1) is 0 Å². The normalized spacial score (nSPS) is 13.2. The van der Waals surface area contributed by atoms with E-state index in [4.69, 9.17) is 0 Å². The Morgan fingerprint density at radius 2 is 1.96 bits per heavy atom. The lowest BCUT2D eigenvalue weighted by atomic mass is 10.1. The van der Waals surface area contributed by atoms with Gasteiger partial charge in [-0.3, -0.25) is 19.1 Å². The molecule has 0 saturated heterocycles. The molecular formula is C20H19N3O3. The number of carbonyl (C=O) groups is 1. The van der Waals surface area contributed by atoms with Gasteiger partial charge < -0.3 is 4.90 Å². The number of benzene rings is 2. The highest BCUT2D eigenvalue weighted by atomic mass is 16.2. The van der Waals surface area contributed by atoms with Crippen LogP contribution in [0.1, 0.15) is 17.5 Å². The number of amides is 1. The van der Waals surface area contributed by atoms with Crippen LogP contribution in [0.3, 0.4) is 0 Å². The molecule has 0 unspecified atom stereocenters. The number of nitrogens with zero attached hydrogens (tertiary/aromatic N) is 2. The zero-order chi connectivity index (χ0) is 18.3. The topological polar surface area (TPSA) is 75.2 Å². The van der Waals surface area contributed by atoms with Crippen LogP contribution in [0.25, 0.3) is 10.9 Å². The zero-order valence-electron chi connectivity index (χ0n) is 14.5. The quantitative estimate of drug-likeness (QED) is 0.786. The van der Waals surface area contributed by atoms with Gasteiger partial charge in [-0.2, -0.15) is 0 Å². The van der Waals surface area contributed by atoms with Crippen molar-refractivity contribution >= 4 is 22.5 Å². The summed E-state index contributed by atoms with van der Waals surface area (Å²) in [6, 6.07) is 13.1. The van der Waals surface area contributed by atoms with Crippen molar-refractivity contribution in [2.24, 2.45) is 0 Å². The molecule has 3 aromatic rings. The second kappa shape index (κ2) is 6.29. The fourth-order valence-electron chi connectivity index (χ4n) is 3.56. The summed E-state index contributed by atoms with van der Waals surface area (Å²) < 4.78 is 1.46. The molecule has 1 amide bonds. The predicted molar refractivity (Wildman–Crippen MR) is 101 cm³/mol. The van der Waals surface area contributed by atoms with Crippen LogP contribution in [0, 0.1) is 6.92 Å². The average molecular weight is 349 g/mol. The van der Waals surface area contributed by atoms with Crippen molar-refractivity contribution in [3.05, 3.63) is 74.4 Å². The highest BCUT2D eigenvalue weighted by Crippen LogP contribution is 2.29. The zero-order valence-corrected chi connectivity index (χ0v) is 14.5. The van der Waals surface area contributed by atoms with E-state index in [0.29, 0.717) is 17.4 Å². The van der Waals surface area contributed by atoms with E-state index in [0.717, 1.165) is 17.7 Å². The predicted octanol–water partition coefficient (Wildman–Crippen LogP) is 1.98. The SMILES string of the molecule is Cc1ccc2c(c1)N(C(=O)CCn1c(=O)[nH]c(=O)c3ccccc31)CC2. The number of H-pyrrole nitrogens is 1. The molecule has 6 nitrogen and oxygen atoms in total. The van der Waals surface area contributed by atoms with Gasteiger partial charge in [-0.25, -0.2) is 4.79 Å². The first-order chi connectivity index (χ1) is 12.5. The Morgan fingerprint density at radius 1 is 1.15 bits per heavy atom. The van der Waals surface area contributed by atoms with Gasteiger partial charge in [0, 0.05) is 25.2 Å². The molecule has 6 heteroatoms. The van der Waals surface area contributed by atoms with E-state index in [1.54, 1.807) is 29.2 Å². The maximum Gasteiger partial charge on any atom is 0.328 e. The van der Waals surface area contributed by atoms with Crippen LogP contribution < -0.4 is 16.1 Å².